The number of fused-ring (bicyclic) bond motifs is 1. The molecule has 0 aliphatic carbocycles. The first-order chi connectivity index (χ1) is 15.6. The van der Waals surface area contributed by atoms with Gasteiger partial charge in [0.25, 0.3) is 5.56 Å². The van der Waals surface area contributed by atoms with Gasteiger partial charge in [0.2, 0.25) is 11.7 Å². The predicted octanol–water partition coefficient (Wildman–Crippen LogP) is 2.45. The van der Waals surface area contributed by atoms with Crippen molar-refractivity contribution in [2.45, 2.75) is 20.0 Å². The molecular weight excluding hydrogens is 410 g/mol. The van der Waals surface area contributed by atoms with Crippen molar-refractivity contribution in [2.75, 3.05) is 7.11 Å². The lowest BCUT2D eigenvalue weighted by Crippen LogP contribution is -2.21. The van der Waals surface area contributed by atoms with Crippen LogP contribution in [0.1, 0.15) is 17.0 Å². The Morgan fingerprint density at radius 3 is 2.72 bits per heavy atom. The average molecular weight is 429 g/mol. The van der Waals surface area contributed by atoms with Crippen molar-refractivity contribution >= 4 is 11.2 Å². The Hall–Kier alpha value is -4.34. The Balaban J connectivity index is 1.43. The topological polar surface area (TPSA) is 114 Å². The number of hydrogen-bond donors (Lipinski definition) is 0. The summed E-state index contributed by atoms with van der Waals surface area (Å²) in [5, 5.41) is 12.2. The van der Waals surface area contributed by atoms with Crippen LogP contribution in [0.25, 0.3) is 22.6 Å². The zero-order valence-electron chi connectivity index (χ0n) is 17.5. The summed E-state index contributed by atoms with van der Waals surface area (Å²) in [5.41, 5.74) is 3.19. The van der Waals surface area contributed by atoms with E-state index in [0.717, 1.165) is 11.1 Å². The Labute approximate surface area is 182 Å². The molecular formula is C22H19N7O3. The van der Waals surface area contributed by atoms with E-state index >= 15 is 0 Å². The largest absolute Gasteiger partial charge is 0.496 e. The molecule has 5 aromatic rings. The van der Waals surface area contributed by atoms with E-state index < -0.39 is 0 Å². The average Bonchev–Trinajstić information content (AvgIpc) is 3.45. The number of benzene rings is 2. The van der Waals surface area contributed by atoms with Crippen LogP contribution >= 0.6 is 0 Å². The lowest BCUT2D eigenvalue weighted by Gasteiger charge is -2.06. The van der Waals surface area contributed by atoms with E-state index in [1.807, 2.05) is 55.5 Å². The van der Waals surface area contributed by atoms with E-state index in [1.54, 1.807) is 11.8 Å². The SMILES string of the molecule is COc1ccccc1-c1noc(Cn2cnc3c(nnn3Cc3ccccc3C)c2=O)n1. The van der Waals surface area contributed by atoms with Crippen LogP contribution in [0, 0.1) is 6.92 Å². The van der Waals surface area contributed by atoms with Gasteiger partial charge in [0.05, 0.1) is 19.2 Å². The van der Waals surface area contributed by atoms with Gasteiger partial charge in [0.15, 0.2) is 11.2 Å². The highest BCUT2D eigenvalue weighted by Gasteiger charge is 2.16. The van der Waals surface area contributed by atoms with Gasteiger partial charge < -0.3 is 9.26 Å². The highest BCUT2D eigenvalue weighted by molar-refractivity contribution is 5.68. The zero-order valence-corrected chi connectivity index (χ0v) is 17.5. The molecule has 0 saturated carbocycles. The molecule has 10 nitrogen and oxygen atoms in total. The van der Waals surface area contributed by atoms with Crippen molar-refractivity contribution in [3.05, 3.63) is 82.2 Å². The van der Waals surface area contributed by atoms with Gasteiger partial charge in [-0.15, -0.1) is 5.10 Å². The molecule has 160 valence electrons. The van der Waals surface area contributed by atoms with Crippen molar-refractivity contribution in [3.8, 4) is 17.1 Å². The fourth-order valence-corrected chi connectivity index (χ4v) is 3.46. The molecule has 0 aliphatic rings. The van der Waals surface area contributed by atoms with Crippen molar-refractivity contribution < 1.29 is 9.26 Å². The van der Waals surface area contributed by atoms with Gasteiger partial charge in [-0.25, -0.2) is 9.67 Å². The lowest BCUT2D eigenvalue weighted by molar-refractivity contribution is 0.369. The van der Waals surface area contributed by atoms with Gasteiger partial charge in [-0.3, -0.25) is 9.36 Å². The molecule has 3 heterocycles. The summed E-state index contributed by atoms with van der Waals surface area (Å²) in [4.78, 5) is 21.7. The lowest BCUT2D eigenvalue weighted by atomic mass is 10.1. The fraction of sp³-hybridized carbons (Fsp3) is 0.182. The van der Waals surface area contributed by atoms with Crippen molar-refractivity contribution in [1.82, 2.24) is 34.7 Å². The van der Waals surface area contributed by atoms with Gasteiger partial charge in [-0.05, 0) is 30.2 Å². The number of aryl methyl sites for hydroxylation is 1. The second-order valence-electron chi connectivity index (χ2n) is 7.24. The van der Waals surface area contributed by atoms with Gasteiger partial charge >= 0.3 is 0 Å². The number of rotatable bonds is 6. The number of nitrogens with zero attached hydrogens (tertiary/aromatic N) is 7. The number of ether oxygens (including phenoxy) is 1. The minimum absolute atomic E-state index is 0.0641. The van der Waals surface area contributed by atoms with E-state index in [4.69, 9.17) is 9.26 Å². The number of para-hydroxylation sites is 1. The standard InChI is InChI=1S/C22H19N7O3/c1-14-7-3-4-8-15(14)11-29-21-19(25-27-29)22(30)28(13-23-21)12-18-24-20(26-32-18)16-9-5-6-10-17(16)31-2/h3-10,13H,11-12H2,1-2H3. The van der Waals surface area contributed by atoms with Gasteiger partial charge in [0.1, 0.15) is 18.6 Å². The van der Waals surface area contributed by atoms with Crippen LogP contribution in [0.2, 0.25) is 0 Å². The molecule has 0 aliphatic heterocycles. The Morgan fingerprint density at radius 1 is 1.06 bits per heavy atom. The third-order valence-electron chi connectivity index (χ3n) is 5.19. The third-order valence-corrected chi connectivity index (χ3v) is 5.19. The molecule has 0 saturated heterocycles. The maximum atomic E-state index is 12.9. The summed E-state index contributed by atoms with van der Waals surface area (Å²) in [6.45, 7) is 2.57. The Morgan fingerprint density at radius 2 is 1.88 bits per heavy atom. The molecule has 0 bridgehead atoms. The summed E-state index contributed by atoms with van der Waals surface area (Å²) in [5.74, 6) is 1.27. The second-order valence-corrected chi connectivity index (χ2v) is 7.24. The molecule has 32 heavy (non-hydrogen) atoms. The first-order valence-corrected chi connectivity index (χ1v) is 9.93. The summed E-state index contributed by atoms with van der Waals surface area (Å²) < 4.78 is 13.7. The first kappa shape index (κ1) is 19.6. The van der Waals surface area contributed by atoms with E-state index in [2.05, 4.69) is 25.4 Å². The molecule has 0 spiro atoms. The van der Waals surface area contributed by atoms with Gasteiger partial charge in [-0.2, -0.15) is 4.98 Å². The quantitative estimate of drug-likeness (QED) is 0.404. The predicted molar refractivity (Wildman–Crippen MR) is 115 cm³/mol. The highest BCUT2D eigenvalue weighted by atomic mass is 16.5. The van der Waals surface area contributed by atoms with Crippen LogP contribution in [0.15, 0.2) is 64.2 Å². The minimum atomic E-state index is -0.330. The van der Waals surface area contributed by atoms with E-state index in [9.17, 15) is 4.79 Å². The summed E-state index contributed by atoms with van der Waals surface area (Å²) in [7, 11) is 1.58. The molecule has 10 heteroatoms. The Bertz CT molecular complexity index is 1470. The fourth-order valence-electron chi connectivity index (χ4n) is 3.46. The molecule has 5 rings (SSSR count). The molecule has 0 radical (unpaired) electrons. The zero-order chi connectivity index (χ0) is 22.1. The number of aromatic nitrogens is 7. The highest BCUT2D eigenvalue weighted by Crippen LogP contribution is 2.27. The van der Waals surface area contributed by atoms with Crippen LogP contribution in [-0.4, -0.2) is 41.8 Å². The van der Waals surface area contributed by atoms with Crippen molar-refractivity contribution in [3.63, 3.8) is 0 Å². The van der Waals surface area contributed by atoms with Crippen LogP contribution in [0.4, 0.5) is 0 Å². The molecule has 0 atom stereocenters. The van der Waals surface area contributed by atoms with E-state index in [-0.39, 0.29) is 23.5 Å². The number of methoxy groups -OCH3 is 1. The van der Waals surface area contributed by atoms with E-state index in [1.165, 1.54) is 10.9 Å². The summed E-state index contributed by atoms with van der Waals surface area (Å²) in [6.07, 6.45) is 1.44. The van der Waals surface area contributed by atoms with Crippen LogP contribution in [0.3, 0.4) is 0 Å². The van der Waals surface area contributed by atoms with Crippen molar-refractivity contribution in [2.24, 2.45) is 0 Å². The Kier molecular flexibility index (Phi) is 4.94. The second kappa shape index (κ2) is 8.06. The molecule has 0 N–H and O–H groups in total. The smallest absolute Gasteiger partial charge is 0.283 e. The first-order valence-electron chi connectivity index (χ1n) is 9.93. The normalized spacial score (nSPS) is 11.2. The maximum Gasteiger partial charge on any atom is 0.283 e. The molecule has 0 amide bonds. The summed E-state index contributed by atoms with van der Waals surface area (Å²) >= 11 is 0. The molecule has 0 unspecified atom stereocenters. The molecule has 3 aromatic heterocycles. The van der Waals surface area contributed by atoms with Crippen LogP contribution < -0.4 is 10.3 Å². The van der Waals surface area contributed by atoms with E-state index in [0.29, 0.717) is 29.3 Å². The maximum absolute atomic E-state index is 12.9. The van der Waals surface area contributed by atoms with Crippen LogP contribution in [0.5, 0.6) is 5.75 Å². The van der Waals surface area contributed by atoms with Crippen LogP contribution in [-0.2, 0) is 13.1 Å². The van der Waals surface area contributed by atoms with Crippen molar-refractivity contribution in [1.29, 1.82) is 0 Å². The number of hydrogen-bond acceptors (Lipinski definition) is 8. The molecule has 2 aromatic carbocycles. The van der Waals surface area contributed by atoms with Gasteiger partial charge in [-0.1, -0.05) is 46.8 Å². The monoisotopic (exact) mass is 429 g/mol. The van der Waals surface area contributed by atoms with Gasteiger partial charge in [0, 0.05) is 0 Å². The molecule has 0 fully saturated rings. The minimum Gasteiger partial charge on any atom is -0.496 e. The third kappa shape index (κ3) is 3.51. The summed E-state index contributed by atoms with van der Waals surface area (Å²) in [6, 6.07) is 15.3.